The molecule has 0 aliphatic carbocycles. The summed E-state index contributed by atoms with van der Waals surface area (Å²) in [7, 11) is 0. The van der Waals surface area contributed by atoms with Crippen LogP contribution >= 0.6 is 0 Å². The molecule has 0 aromatic heterocycles. The van der Waals surface area contributed by atoms with Crippen molar-refractivity contribution in [2.24, 2.45) is 0 Å². The maximum absolute atomic E-state index is 3.88. The van der Waals surface area contributed by atoms with Crippen LogP contribution in [0.5, 0.6) is 0 Å². The summed E-state index contributed by atoms with van der Waals surface area (Å²) in [6, 6.07) is 6.44. The average molecular weight is 200 g/mol. The fourth-order valence-corrected chi connectivity index (χ4v) is 1.85. The van der Waals surface area contributed by atoms with Crippen LogP contribution in [0.1, 0.15) is 36.5 Å². The van der Waals surface area contributed by atoms with Gasteiger partial charge in [0.25, 0.3) is 0 Å². The molecule has 0 aliphatic rings. The van der Waals surface area contributed by atoms with Crippen LogP contribution in [-0.2, 0) is 12.8 Å². The van der Waals surface area contributed by atoms with E-state index in [1.807, 2.05) is 12.2 Å². The van der Waals surface area contributed by atoms with Crippen molar-refractivity contribution in [1.82, 2.24) is 0 Å². The molecule has 0 atom stereocenters. The minimum Gasteiger partial charge on any atom is -0.103 e. The van der Waals surface area contributed by atoms with Crippen molar-refractivity contribution in [3.05, 3.63) is 54.1 Å². The number of benzene rings is 1. The largest absolute Gasteiger partial charge is 0.103 e. The van der Waals surface area contributed by atoms with Crippen LogP contribution < -0.4 is 0 Å². The zero-order chi connectivity index (χ0) is 11.1. The van der Waals surface area contributed by atoms with Gasteiger partial charge in [0.1, 0.15) is 0 Å². The van der Waals surface area contributed by atoms with Crippen LogP contribution in [0.4, 0.5) is 0 Å². The number of rotatable bonds is 6. The summed E-state index contributed by atoms with van der Waals surface area (Å²) < 4.78 is 0. The second-order valence-electron chi connectivity index (χ2n) is 3.79. The van der Waals surface area contributed by atoms with E-state index in [9.17, 15) is 0 Å². The quantitative estimate of drug-likeness (QED) is 0.597. The van der Waals surface area contributed by atoms with E-state index >= 15 is 0 Å². The summed E-state index contributed by atoms with van der Waals surface area (Å²) in [4.78, 5) is 0. The summed E-state index contributed by atoms with van der Waals surface area (Å²) in [5, 5.41) is 0. The second-order valence-corrected chi connectivity index (χ2v) is 3.79. The highest BCUT2D eigenvalue weighted by Gasteiger charge is 2.04. The normalized spacial score (nSPS) is 9.93. The third kappa shape index (κ3) is 3.09. The molecule has 0 fully saturated rings. The smallest absolute Gasteiger partial charge is 0.00972 e. The molecule has 0 spiro atoms. The number of hydrogen-bond donors (Lipinski definition) is 0. The minimum atomic E-state index is 0.959. The van der Waals surface area contributed by atoms with Crippen molar-refractivity contribution in [2.45, 2.75) is 32.6 Å². The van der Waals surface area contributed by atoms with Crippen molar-refractivity contribution in [2.75, 3.05) is 0 Å². The van der Waals surface area contributed by atoms with Gasteiger partial charge in [-0.15, -0.1) is 6.58 Å². The molecule has 1 rings (SSSR count). The molecule has 0 saturated carbocycles. The van der Waals surface area contributed by atoms with Crippen molar-refractivity contribution in [1.29, 1.82) is 0 Å². The van der Waals surface area contributed by atoms with Crippen LogP contribution in [0.25, 0.3) is 6.08 Å². The summed E-state index contributed by atoms with van der Waals surface area (Å²) in [5.41, 5.74) is 4.13. The van der Waals surface area contributed by atoms with Crippen molar-refractivity contribution in [3.63, 3.8) is 0 Å². The molecule has 0 N–H and O–H groups in total. The molecule has 1 aromatic rings. The van der Waals surface area contributed by atoms with Crippen molar-refractivity contribution >= 4 is 6.08 Å². The van der Waals surface area contributed by atoms with E-state index < -0.39 is 0 Å². The van der Waals surface area contributed by atoms with E-state index in [0.717, 1.165) is 12.8 Å². The first-order valence-electron chi connectivity index (χ1n) is 5.67. The first-order chi connectivity index (χ1) is 7.33. The maximum atomic E-state index is 3.88. The molecule has 0 amide bonds. The summed E-state index contributed by atoms with van der Waals surface area (Å²) in [6.07, 6.45) is 8.52. The Morgan fingerprint density at radius 3 is 2.67 bits per heavy atom. The monoisotopic (exact) mass is 200 g/mol. The Morgan fingerprint density at radius 2 is 2.07 bits per heavy atom. The van der Waals surface area contributed by atoms with Crippen molar-refractivity contribution < 1.29 is 0 Å². The van der Waals surface area contributed by atoms with Gasteiger partial charge in [0.2, 0.25) is 0 Å². The van der Waals surface area contributed by atoms with Gasteiger partial charge in [0.05, 0.1) is 0 Å². The average Bonchev–Trinajstić information content (AvgIpc) is 2.27. The molecular formula is C15H20. The van der Waals surface area contributed by atoms with Gasteiger partial charge in [-0.3, -0.25) is 0 Å². The Morgan fingerprint density at radius 1 is 1.27 bits per heavy atom. The zero-order valence-corrected chi connectivity index (χ0v) is 9.63. The summed E-state index contributed by atoms with van der Waals surface area (Å²) in [6.45, 7) is 9.91. The molecule has 0 radical (unpaired) electrons. The molecule has 0 heterocycles. The predicted octanol–water partition coefficient (Wildman–Crippen LogP) is 4.40. The van der Waals surface area contributed by atoms with Crippen LogP contribution in [-0.4, -0.2) is 0 Å². The standard InChI is InChI=1S/C15H20/c1-4-7-12-15-13(6-3)10-8-11-14(15)9-5-2/h5-6,8,10-11H,2-4,7,9,12H2,1H3. The van der Waals surface area contributed by atoms with Crippen LogP contribution in [0.2, 0.25) is 0 Å². The van der Waals surface area contributed by atoms with Gasteiger partial charge < -0.3 is 0 Å². The first-order valence-corrected chi connectivity index (χ1v) is 5.67. The van der Waals surface area contributed by atoms with E-state index in [0.29, 0.717) is 0 Å². The molecule has 80 valence electrons. The number of allylic oxidation sites excluding steroid dienone is 1. The minimum absolute atomic E-state index is 0.959. The Hall–Kier alpha value is -1.30. The third-order valence-electron chi connectivity index (χ3n) is 2.67. The van der Waals surface area contributed by atoms with Gasteiger partial charge in [-0.1, -0.05) is 50.3 Å². The Balaban J connectivity index is 3.02. The molecule has 0 aliphatic heterocycles. The molecule has 0 saturated heterocycles. The lowest BCUT2D eigenvalue weighted by atomic mass is 9.94. The van der Waals surface area contributed by atoms with E-state index in [4.69, 9.17) is 0 Å². The van der Waals surface area contributed by atoms with Crippen LogP contribution in [0, 0.1) is 0 Å². The molecule has 0 bridgehead atoms. The Kier molecular flexibility index (Phi) is 4.89. The molecule has 15 heavy (non-hydrogen) atoms. The van der Waals surface area contributed by atoms with Gasteiger partial charge in [-0.05, 0) is 36.0 Å². The molecule has 0 unspecified atom stereocenters. The highest BCUT2D eigenvalue weighted by molar-refractivity contribution is 5.54. The fraction of sp³-hybridized carbons (Fsp3) is 0.333. The Bertz CT molecular complexity index is 334. The van der Waals surface area contributed by atoms with Crippen LogP contribution in [0.3, 0.4) is 0 Å². The second kappa shape index (κ2) is 6.23. The third-order valence-corrected chi connectivity index (χ3v) is 2.67. The maximum Gasteiger partial charge on any atom is -0.00972 e. The van der Waals surface area contributed by atoms with E-state index in [-0.39, 0.29) is 0 Å². The Labute approximate surface area is 93.3 Å². The van der Waals surface area contributed by atoms with Crippen LogP contribution in [0.15, 0.2) is 37.4 Å². The lowest BCUT2D eigenvalue weighted by Crippen LogP contribution is -1.96. The highest BCUT2D eigenvalue weighted by atomic mass is 14.1. The first kappa shape index (κ1) is 11.8. The van der Waals surface area contributed by atoms with Gasteiger partial charge in [-0.2, -0.15) is 0 Å². The number of hydrogen-bond acceptors (Lipinski definition) is 0. The zero-order valence-electron chi connectivity index (χ0n) is 9.63. The molecule has 1 aromatic carbocycles. The van der Waals surface area contributed by atoms with Crippen molar-refractivity contribution in [3.8, 4) is 0 Å². The van der Waals surface area contributed by atoms with E-state index in [1.165, 1.54) is 29.5 Å². The highest BCUT2D eigenvalue weighted by Crippen LogP contribution is 2.19. The fourth-order valence-electron chi connectivity index (χ4n) is 1.85. The SMILES string of the molecule is C=CCc1cccc(C=C)c1CCCC. The van der Waals surface area contributed by atoms with Gasteiger partial charge in [-0.25, -0.2) is 0 Å². The molecule has 0 nitrogen and oxygen atoms in total. The number of unbranched alkanes of at least 4 members (excludes halogenated alkanes) is 1. The lowest BCUT2D eigenvalue weighted by Gasteiger charge is -2.11. The predicted molar refractivity (Wildman–Crippen MR) is 69.0 cm³/mol. The summed E-state index contributed by atoms with van der Waals surface area (Å²) in [5.74, 6) is 0. The van der Waals surface area contributed by atoms with E-state index in [1.54, 1.807) is 0 Å². The van der Waals surface area contributed by atoms with Gasteiger partial charge in [0.15, 0.2) is 0 Å². The van der Waals surface area contributed by atoms with Gasteiger partial charge in [0, 0.05) is 0 Å². The van der Waals surface area contributed by atoms with Gasteiger partial charge >= 0.3 is 0 Å². The lowest BCUT2D eigenvalue weighted by molar-refractivity contribution is 0.788. The topological polar surface area (TPSA) is 0 Å². The molecular weight excluding hydrogens is 180 g/mol. The van der Waals surface area contributed by atoms with E-state index in [2.05, 4.69) is 38.3 Å². The summed E-state index contributed by atoms with van der Waals surface area (Å²) >= 11 is 0. The molecule has 0 heteroatoms.